The molecule has 0 heterocycles. The molecular weight excluding hydrogens is 324 g/mol. The second-order valence-electron chi connectivity index (χ2n) is 6.50. The molecule has 3 rings (SSSR count). The van der Waals surface area contributed by atoms with Gasteiger partial charge in [0.25, 0.3) is 0 Å². The zero-order valence-corrected chi connectivity index (χ0v) is 15.0. The zero-order chi connectivity index (χ0) is 18.2. The van der Waals surface area contributed by atoms with Gasteiger partial charge in [-0.25, -0.2) is 4.79 Å². The summed E-state index contributed by atoms with van der Waals surface area (Å²) in [6, 6.07) is 18.6. The lowest BCUT2D eigenvalue weighted by molar-refractivity contribution is 0.140. The summed E-state index contributed by atoms with van der Waals surface area (Å²) in [6.45, 7) is 1.63. The highest BCUT2D eigenvalue weighted by molar-refractivity contribution is 6.02. The van der Waals surface area contributed by atoms with Gasteiger partial charge in [-0.05, 0) is 47.0 Å². The van der Waals surface area contributed by atoms with E-state index in [1.54, 1.807) is 0 Å². The van der Waals surface area contributed by atoms with E-state index in [1.165, 1.54) is 0 Å². The fraction of sp³-hybridized carbons (Fsp3) is 0.318. The number of ether oxygens (including phenoxy) is 1. The van der Waals surface area contributed by atoms with Crippen LogP contribution in [0.5, 0.6) is 0 Å². The van der Waals surface area contributed by atoms with Crippen LogP contribution in [0.2, 0.25) is 0 Å². The van der Waals surface area contributed by atoms with Gasteiger partial charge in [0, 0.05) is 12.1 Å². The molecule has 3 aromatic rings. The van der Waals surface area contributed by atoms with Crippen molar-refractivity contribution in [3.8, 4) is 0 Å². The number of carbonyl (C=O) groups excluding carboxylic acids is 1. The fourth-order valence-electron chi connectivity index (χ4n) is 3.27. The van der Waals surface area contributed by atoms with Gasteiger partial charge in [0.15, 0.2) is 0 Å². The van der Waals surface area contributed by atoms with Gasteiger partial charge in [-0.15, -0.1) is 0 Å². The molecule has 136 valence electrons. The Hall–Kier alpha value is -2.59. The van der Waals surface area contributed by atoms with E-state index in [0.29, 0.717) is 6.54 Å². The molecule has 3 aromatic carbocycles. The van der Waals surface area contributed by atoms with Crippen molar-refractivity contribution in [2.45, 2.75) is 32.3 Å². The maximum absolute atomic E-state index is 12.0. The molecule has 0 aliphatic rings. The van der Waals surface area contributed by atoms with Crippen molar-refractivity contribution < 1.29 is 9.53 Å². The molecule has 26 heavy (non-hydrogen) atoms. The Balaban J connectivity index is 1.65. The minimum Gasteiger partial charge on any atom is -0.445 e. The molecule has 0 fully saturated rings. The summed E-state index contributed by atoms with van der Waals surface area (Å²) < 4.78 is 5.50. The van der Waals surface area contributed by atoms with Gasteiger partial charge < -0.3 is 15.8 Å². The van der Waals surface area contributed by atoms with Crippen LogP contribution in [0.3, 0.4) is 0 Å². The Labute approximate surface area is 154 Å². The van der Waals surface area contributed by atoms with Crippen molar-refractivity contribution in [1.82, 2.24) is 5.32 Å². The number of nitrogens with two attached hydrogens (primary N) is 1. The van der Waals surface area contributed by atoms with E-state index in [-0.39, 0.29) is 12.7 Å². The summed E-state index contributed by atoms with van der Waals surface area (Å²) in [6.07, 6.45) is 3.81. The smallest absolute Gasteiger partial charge is 0.407 e. The van der Waals surface area contributed by atoms with E-state index in [2.05, 4.69) is 35.6 Å². The van der Waals surface area contributed by atoms with Crippen molar-refractivity contribution >= 4 is 27.6 Å². The topological polar surface area (TPSA) is 64.3 Å². The van der Waals surface area contributed by atoms with E-state index < -0.39 is 0 Å². The van der Waals surface area contributed by atoms with Gasteiger partial charge >= 0.3 is 6.09 Å². The number of rotatable bonds is 8. The van der Waals surface area contributed by atoms with Crippen LogP contribution in [0.15, 0.2) is 54.6 Å². The maximum atomic E-state index is 12.0. The van der Waals surface area contributed by atoms with Crippen molar-refractivity contribution in [1.29, 1.82) is 0 Å². The first-order chi connectivity index (χ1) is 12.8. The van der Waals surface area contributed by atoms with Crippen LogP contribution in [-0.4, -0.2) is 19.2 Å². The van der Waals surface area contributed by atoms with E-state index in [4.69, 9.17) is 10.5 Å². The molecule has 0 atom stereocenters. The monoisotopic (exact) mass is 350 g/mol. The van der Waals surface area contributed by atoms with E-state index in [9.17, 15) is 4.79 Å². The molecule has 0 radical (unpaired) electrons. The van der Waals surface area contributed by atoms with Gasteiger partial charge in [0.2, 0.25) is 0 Å². The molecule has 4 nitrogen and oxygen atoms in total. The second-order valence-corrected chi connectivity index (χ2v) is 6.50. The number of alkyl carbamates (subject to hydrolysis) is 1. The third kappa shape index (κ3) is 4.52. The van der Waals surface area contributed by atoms with Crippen LogP contribution in [0.1, 0.15) is 31.2 Å². The Kier molecular flexibility index (Phi) is 6.45. The number of amides is 1. The Morgan fingerprint density at radius 2 is 1.50 bits per heavy atom. The predicted molar refractivity (Wildman–Crippen MR) is 107 cm³/mol. The number of benzene rings is 3. The van der Waals surface area contributed by atoms with Gasteiger partial charge in [0.05, 0.1) is 0 Å². The third-order valence-electron chi connectivity index (χ3n) is 4.63. The predicted octanol–water partition coefficient (Wildman–Crippen LogP) is 4.74. The number of hydrogen-bond acceptors (Lipinski definition) is 3. The number of carbonyl (C=O) groups is 1. The highest BCUT2D eigenvalue weighted by Crippen LogP contribution is 2.29. The second kappa shape index (κ2) is 9.20. The van der Waals surface area contributed by atoms with Gasteiger partial charge in [0.1, 0.15) is 6.61 Å². The van der Waals surface area contributed by atoms with Crippen molar-refractivity contribution in [2.75, 3.05) is 13.1 Å². The lowest BCUT2D eigenvalue weighted by atomic mass is 9.97. The molecule has 0 saturated heterocycles. The summed E-state index contributed by atoms with van der Waals surface area (Å²) >= 11 is 0. The summed E-state index contributed by atoms with van der Waals surface area (Å²) in [5.41, 5.74) is 6.53. The van der Waals surface area contributed by atoms with E-state index in [1.807, 2.05) is 24.3 Å². The molecule has 0 spiro atoms. The van der Waals surface area contributed by atoms with Crippen LogP contribution in [0.25, 0.3) is 21.5 Å². The van der Waals surface area contributed by atoms with Gasteiger partial charge in [-0.1, -0.05) is 61.4 Å². The van der Waals surface area contributed by atoms with Crippen molar-refractivity contribution in [3.63, 3.8) is 0 Å². The number of unbranched alkanes of at least 4 members (excludes halogenated alkanes) is 3. The summed E-state index contributed by atoms with van der Waals surface area (Å²) in [4.78, 5) is 12.0. The molecule has 0 aromatic heterocycles. The lowest BCUT2D eigenvalue weighted by Gasteiger charge is -2.12. The Bertz CT molecular complexity index is 822. The molecule has 1 amide bonds. The standard InChI is InChI=1S/C22H26N2O2/c23-13-7-1-2-8-14-24-22(25)26-16-21-19-11-5-3-9-17(19)15-18-10-4-6-12-20(18)21/h3-6,9-12,15H,1-2,7-8,13-14,16,23H2,(H,24,25). The molecule has 3 N–H and O–H groups in total. The van der Waals surface area contributed by atoms with Crippen LogP contribution in [-0.2, 0) is 11.3 Å². The third-order valence-corrected chi connectivity index (χ3v) is 4.63. The number of nitrogens with one attached hydrogen (secondary N) is 1. The summed E-state index contributed by atoms with van der Waals surface area (Å²) in [5.74, 6) is 0. The van der Waals surface area contributed by atoms with Crippen LogP contribution >= 0.6 is 0 Å². The largest absolute Gasteiger partial charge is 0.445 e. The van der Waals surface area contributed by atoms with Gasteiger partial charge in [-0.3, -0.25) is 0 Å². The summed E-state index contributed by atoms with van der Waals surface area (Å²) in [5, 5.41) is 7.40. The van der Waals surface area contributed by atoms with Crippen LogP contribution in [0.4, 0.5) is 4.79 Å². The number of fused-ring (bicyclic) bond motifs is 2. The first-order valence-corrected chi connectivity index (χ1v) is 9.29. The minimum atomic E-state index is -0.360. The maximum Gasteiger partial charge on any atom is 0.407 e. The first kappa shape index (κ1) is 18.2. The van der Waals surface area contributed by atoms with Crippen LogP contribution < -0.4 is 11.1 Å². The quantitative estimate of drug-likeness (QED) is 0.456. The Morgan fingerprint density at radius 1 is 0.885 bits per heavy atom. The SMILES string of the molecule is NCCCCCCNC(=O)OCc1c2ccccc2cc2ccccc12. The lowest BCUT2D eigenvalue weighted by Crippen LogP contribution is -2.25. The van der Waals surface area contributed by atoms with E-state index >= 15 is 0 Å². The zero-order valence-electron chi connectivity index (χ0n) is 15.0. The first-order valence-electron chi connectivity index (χ1n) is 9.29. The van der Waals surface area contributed by atoms with E-state index in [0.717, 1.165) is 59.3 Å². The molecule has 0 aliphatic heterocycles. The highest BCUT2D eigenvalue weighted by atomic mass is 16.5. The average Bonchev–Trinajstić information content (AvgIpc) is 2.67. The highest BCUT2D eigenvalue weighted by Gasteiger charge is 2.10. The molecule has 4 heteroatoms. The normalized spacial score (nSPS) is 11.0. The van der Waals surface area contributed by atoms with Gasteiger partial charge in [-0.2, -0.15) is 0 Å². The molecule has 0 saturated carbocycles. The molecule has 0 aliphatic carbocycles. The summed E-state index contributed by atoms with van der Waals surface area (Å²) in [7, 11) is 0. The Morgan fingerprint density at radius 3 is 2.15 bits per heavy atom. The van der Waals surface area contributed by atoms with Crippen LogP contribution in [0, 0.1) is 0 Å². The fourth-order valence-corrected chi connectivity index (χ4v) is 3.27. The molecular formula is C22H26N2O2. The minimum absolute atomic E-state index is 0.265. The van der Waals surface area contributed by atoms with Crippen molar-refractivity contribution in [2.24, 2.45) is 5.73 Å². The average molecular weight is 350 g/mol. The molecule has 0 bridgehead atoms. The number of hydrogen-bond donors (Lipinski definition) is 2. The van der Waals surface area contributed by atoms with Crippen molar-refractivity contribution in [3.05, 3.63) is 60.2 Å². The molecule has 0 unspecified atom stereocenters.